The molecule has 1 heterocycles. The number of carbonyl (C=O) groups is 1. The molecule has 0 spiro atoms. The van der Waals surface area contributed by atoms with E-state index >= 15 is 0 Å². The highest BCUT2D eigenvalue weighted by Gasteiger charge is 2.63. The van der Waals surface area contributed by atoms with E-state index in [0.29, 0.717) is 54.6 Å². The van der Waals surface area contributed by atoms with Gasteiger partial charge in [-0.3, -0.25) is 9.35 Å². The van der Waals surface area contributed by atoms with Crippen LogP contribution in [0.4, 0.5) is 0 Å². The first-order valence-electron chi connectivity index (χ1n) is 14.9. The summed E-state index contributed by atoms with van der Waals surface area (Å²) < 4.78 is 50.1. The summed E-state index contributed by atoms with van der Waals surface area (Å²) in [7, 11) is -4.82. The number of epoxide rings is 1. The molecule has 1 aliphatic heterocycles. The first-order chi connectivity index (χ1) is 18.1. The molecule has 0 bridgehead atoms. The van der Waals surface area contributed by atoms with Gasteiger partial charge in [0.25, 0.3) is 0 Å². The van der Waals surface area contributed by atoms with Gasteiger partial charge in [0.05, 0.1) is 18.3 Å². The van der Waals surface area contributed by atoms with E-state index in [0.717, 1.165) is 19.3 Å². The van der Waals surface area contributed by atoms with Crippen molar-refractivity contribution in [2.45, 2.75) is 118 Å². The number of aliphatic hydroxyl groups excluding tert-OH is 1. The van der Waals surface area contributed by atoms with E-state index in [1.165, 1.54) is 18.9 Å². The lowest BCUT2D eigenvalue weighted by molar-refractivity contribution is -0.193. The minimum atomic E-state index is -4.82. The molecule has 0 aromatic heterocycles. The zero-order valence-corrected chi connectivity index (χ0v) is 25.3. The van der Waals surface area contributed by atoms with Crippen LogP contribution < -0.4 is 0 Å². The molecular weight excluding hydrogens is 520 g/mol. The van der Waals surface area contributed by atoms with Crippen molar-refractivity contribution in [3.63, 3.8) is 0 Å². The van der Waals surface area contributed by atoms with Crippen molar-refractivity contribution in [2.24, 2.45) is 52.3 Å². The van der Waals surface area contributed by atoms with Crippen molar-refractivity contribution in [3.8, 4) is 0 Å². The molecule has 13 atom stereocenters. The molecule has 222 valence electrons. The van der Waals surface area contributed by atoms with Gasteiger partial charge in [0, 0.05) is 6.92 Å². The monoisotopic (exact) mass is 568 g/mol. The second-order valence-corrected chi connectivity index (χ2v) is 15.3. The molecule has 0 aromatic carbocycles. The molecule has 5 aliphatic rings. The van der Waals surface area contributed by atoms with Gasteiger partial charge in [-0.2, -0.15) is 8.42 Å². The van der Waals surface area contributed by atoms with Crippen molar-refractivity contribution < 1.29 is 36.5 Å². The highest BCUT2D eigenvalue weighted by atomic mass is 32.3. The summed E-state index contributed by atoms with van der Waals surface area (Å²) in [6.07, 6.45) is 4.89. The quantitative estimate of drug-likeness (QED) is 0.191. The molecule has 5 rings (SSSR count). The molecule has 0 radical (unpaired) electrons. The van der Waals surface area contributed by atoms with Crippen LogP contribution in [0.5, 0.6) is 0 Å². The molecule has 8 nitrogen and oxygen atoms in total. The Bertz CT molecular complexity index is 1100. The average molecular weight is 569 g/mol. The summed E-state index contributed by atoms with van der Waals surface area (Å²) in [6, 6.07) is 0. The summed E-state index contributed by atoms with van der Waals surface area (Å²) in [4.78, 5) is 11.8. The standard InChI is InChI=1S/C30H48O8S/c1-15(2)16(3)25-26(37-25)17(4)20-10-11-21-19-8-9-23-27(38-39(33,34)35)28(36-18(5)31)24(32)14-30(23,7)22(19)12-13-29(20,21)6/h8,15-17,20-28,32H,9-14H2,1-7H3,(H,33,34,35)/t16-,17-,20+,21-,22-,23?,24+,25-,26-,27-,28-,29+,30+/m0/s1. The second-order valence-electron chi connectivity index (χ2n) is 14.2. The molecule has 0 aromatic rings. The van der Waals surface area contributed by atoms with Crippen LogP contribution in [0.3, 0.4) is 0 Å². The Morgan fingerprint density at radius 2 is 1.72 bits per heavy atom. The second kappa shape index (κ2) is 10.1. The van der Waals surface area contributed by atoms with Crippen molar-refractivity contribution in [1.29, 1.82) is 0 Å². The number of hydrogen-bond acceptors (Lipinski definition) is 7. The summed E-state index contributed by atoms with van der Waals surface area (Å²) in [5.74, 6) is 1.94. The fourth-order valence-corrected chi connectivity index (χ4v) is 10.2. The van der Waals surface area contributed by atoms with E-state index in [2.05, 4.69) is 47.6 Å². The minimum Gasteiger partial charge on any atom is -0.457 e. The van der Waals surface area contributed by atoms with E-state index in [1.54, 1.807) is 0 Å². The third-order valence-corrected chi connectivity index (χ3v) is 12.5. The summed E-state index contributed by atoms with van der Waals surface area (Å²) in [6.45, 7) is 15.1. The van der Waals surface area contributed by atoms with E-state index in [1.807, 2.05) is 0 Å². The third-order valence-electron chi connectivity index (χ3n) is 12.0. The molecule has 1 saturated heterocycles. The fraction of sp³-hybridized carbons (Fsp3) is 0.900. The SMILES string of the molecule is CC(=O)O[C@H]1[C@H](O)C[C@@]2(C)C(CC=C3[C@@H]4CC[C@H]([C@H](C)[C@@H]5O[C@H]5[C@@H](C)C(C)C)[C@@]4(C)CC[C@@H]32)[C@@H]1OS(=O)(=O)O. The predicted octanol–water partition coefficient (Wildman–Crippen LogP) is 4.96. The lowest BCUT2D eigenvalue weighted by atomic mass is 9.47. The topological polar surface area (TPSA) is 123 Å². The first-order valence-corrected chi connectivity index (χ1v) is 16.3. The smallest absolute Gasteiger partial charge is 0.397 e. The number of carbonyl (C=O) groups excluding carboxylic acids is 1. The number of hydrogen-bond donors (Lipinski definition) is 2. The van der Waals surface area contributed by atoms with Gasteiger partial charge in [-0.05, 0) is 90.8 Å². The van der Waals surface area contributed by atoms with Crippen molar-refractivity contribution in [3.05, 3.63) is 11.6 Å². The van der Waals surface area contributed by atoms with E-state index in [4.69, 9.17) is 13.7 Å². The Hall–Kier alpha value is -1.00. The van der Waals surface area contributed by atoms with Gasteiger partial charge >= 0.3 is 16.4 Å². The minimum absolute atomic E-state index is 0.176. The van der Waals surface area contributed by atoms with Crippen molar-refractivity contribution >= 4 is 16.4 Å². The molecule has 4 fully saturated rings. The Kier molecular flexibility index (Phi) is 7.62. The fourth-order valence-electron chi connectivity index (χ4n) is 9.69. The van der Waals surface area contributed by atoms with Crippen LogP contribution >= 0.6 is 0 Å². The highest BCUT2D eigenvalue weighted by molar-refractivity contribution is 7.80. The van der Waals surface area contributed by atoms with Gasteiger partial charge in [-0.1, -0.05) is 53.2 Å². The molecule has 39 heavy (non-hydrogen) atoms. The lowest BCUT2D eigenvalue weighted by Crippen LogP contribution is -2.61. The number of ether oxygens (including phenoxy) is 2. The van der Waals surface area contributed by atoms with Crippen molar-refractivity contribution in [2.75, 3.05) is 0 Å². The Morgan fingerprint density at radius 1 is 1.05 bits per heavy atom. The summed E-state index contributed by atoms with van der Waals surface area (Å²) in [5.41, 5.74) is 1.18. The molecule has 9 heteroatoms. The van der Waals surface area contributed by atoms with E-state index in [9.17, 15) is 22.9 Å². The van der Waals surface area contributed by atoms with Gasteiger partial charge in [-0.25, -0.2) is 4.18 Å². The van der Waals surface area contributed by atoms with Gasteiger partial charge in [0.15, 0.2) is 6.10 Å². The third kappa shape index (κ3) is 5.02. The van der Waals surface area contributed by atoms with Crippen LogP contribution in [0.1, 0.15) is 87.0 Å². The van der Waals surface area contributed by atoms with Crippen molar-refractivity contribution in [1.82, 2.24) is 0 Å². The summed E-state index contributed by atoms with van der Waals surface area (Å²) in [5, 5.41) is 11.1. The molecule has 0 amide bonds. The first kappa shape index (κ1) is 29.5. The number of allylic oxidation sites excluding steroid dienone is 2. The number of rotatable bonds is 7. The Balaban J connectivity index is 1.41. The van der Waals surface area contributed by atoms with E-state index in [-0.39, 0.29) is 17.3 Å². The largest absolute Gasteiger partial charge is 0.457 e. The van der Waals surface area contributed by atoms with Crippen LogP contribution in [0.25, 0.3) is 0 Å². The predicted molar refractivity (Wildman–Crippen MR) is 146 cm³/mol. The van der Waals surface area contributed by atoms with Crippen LogP contribution in [0.2, 0.25) is 0 Å². The molecular formula is C30H48O8S. The molecule has 4 aliphatic carbocycles. The van der Waals surface area contributed by atoms with Gasteiger partial charge < -0.3 is 14.6 Å². The highest BCUT2D eigenvalue weighted by Crippen LogP contribution is 2.68. The number of esters is 1. The molecule has 3 saturated carbocycles. The molecule has 1 unspecified atom stereocenters. The van der Waals surface area contributed by atoms with Gasteiger partial charge in [-0.15, -0.1) is 0 Å². The van der Waals surface area contributed by atoms with Crippen LogP contribution in [-0.2, 0) is 28.9 Å². The number of aliphatic hydroxyl groups is 1. The van der Waals surface area contributed by atoms with Crippen LogP contribution in [-0.4, -0.2) is 54.6 Å². The summed E-state index contributed by atoms with van der Waals surface area (Å²) >= 11 is 0. The maximum Gasteiger partial charge on any atom is 0.397 e. The molecule has 2 N–H and O–H groups in total. The van der Waals surface area contributed by atoms with Crippen LogP contribution in [0, 0.1) is 52.3 Å². The maximum atomic E-state index is 11.8. The number of fused-ring (bicyclic) bond motifs is 5. The Labute approximate surface area is 234 Å². The van der Waals surface area contributed by atoms with Gasteiger partial charge in [0.2, 0.25) is 0 Å². The maximum absolute atomic E-state index is 11.8. The zero-order valence-electron chi connectivity index (χ0n) is 24.5. The average Bonchev–Trinajstić information content (AvgIpc) is 3.53. The van der Waals surface area contributed by atoms with Crippen LogP contribution in [0.15, 0.2) is 11.6 Å². The van der Waals surface area contributed by atoms with E-state index < -0.39 is 40.1 Å². The Morgan fingerprint density at radius 3 is 2.33 bits per heavy atom. The zero-order chi connectivity index (χ0) is 28.7. The van der Waals surface area contributed by atoms with Gasteiger partial charge in [0.1, 0.15) is 6.10 Å². The lowest BCUT2D eigenvalue weighted by Gasteiger charge is -2.59. The normalized spacial score (nSPS) is 46.9.